The normalized spacial score (nSPS) is 16.2. The highest BCUT2D eigenvalue weighted by Crippen LogP contribution is 2.26. The van der Waals surface area contributed by atoms with Gasteiger partial charge >= 0.3 is 0 Å². The molecule has 2 N–H and O–H groups in total. The molecule has 2 aromatic carbocycles. The Morgan fingerprint density at radius 2 is 1.68 bits per heavy atom. The van der Waals surface area contributed by atoms with Crippen LogP contribution in [0.25, 0.3) is 0 Å². The molecule has 1 aliphatic rings. The molecule has 1 heterocycles. The maximum absolute atomic E-state index is 13.1. The zero-order chi connectivity index (χ0) is 20.1. The van der Waals surface area contributed by atoms with E-state index < -0.39 is 5.76 Å². The molecule has 1 atom stereocenters. The average molecular weight is 410 g/mol. The van der Waals surface area contributed by atoms with Gasteiger partial charge in [-0.2, -0.15) is 8.78 Å². The van der Waals surface area contributed by atoms with Crippen LogP contribution in [-0.2, 0) is 4.79 Å². The van der Waals surface area contributed by atoms with E-state index in [9.17, 15) is 18.0 Å². The Bertz CT molecular complexity index is 778. The minimum atomic E-state index is -2.46. The van der Waals surface area contributed by atoms with Crippen LogP contribution in [-0.4, -0.2) is 43.9 Å². The van der Waals surface area contributed by atoms with E-state index >= 15 is 0 Å². The zero-order valence-corrected chi connectivity index (χ0v) is 16.3. The van der Waals surface area contributed by atoms with E-state index in [2.05, 4.69) is 10.2 Å². The summed E-state index contributed by atoms with van der Waals surface area (Å²) in [6.07, 6.45) is 0. The summed E-state index contributed by atoms with van der Waals surface area (Å²) in [7, 11) is 0. The summed E-state index contributed by atoms with van der Waals surface area (Å²) in [4.78, 5) is 16.4. The first-order chi connectivity index (χ1) is 13.4. The van der Waals surface area contributed by atoms with Crippen LogP contribution in [0.3, 0.4) is 0 Å². The molecule has 0 saturated carbocycles. The minimum absolute atomic E-state index is 0.0977. The summed E-state index contributed by atoms with van der Waals surface area (Å²) in [6.45, 7) is 5.07. The number of carbonyl (C=O) groups excluding carboxylic acids is 1. The van der Waals surface area contributed by atoms with Crippen LogP contribution in [0.4, 0.5) is 24.5 Å². The van der Waals surface area contributed by atoms with Crippen LogP contribution >= 0.6 is 11.8 Å². The molecule has 0 aliphatic carbocycles. The van der Waals surface area contributed by atoms with Crippen molar-refractivity contribution in [3.05, 3.63) is 54.3 Å². The molecular weight excluding hydrogens is 387 g/mol. The van der Waals surface area contributed by atoms with E-state index in [0.717, 1.165) is 31.9 Å². The Kier molecular flexibility index (Phi) is 6.85. The maximum Gasteiger partial charge on any atom is 0.288 e. The fourth-order valence-electron chi connectivity index (χ4n) is 3.29. The van der Waals surface area contributed by atoms with Crippen molar-refractivity contribution in [3.63, 3.8) is 0 Å². The van der Waals surface area contributed by atoms with Crippen molar-refractivity contribution < 1.29 is 22.9 Å². The molecule has 3 rings (SSSR count). The molecule has 8 heteroatoms. The van der Waals surface area contributed by atoms with Gasteiger partial charge in [-0.05, 0) is 55.5 Å². The van der Waals surface area contributed by atoms with Crippen LogP contribution < -0.4 is 15.1 Å². The van der Waals surface area contributed by atoms with Gasteiger partial charge in [-0.1, -0.05) is 11.8 Å². The van der Waals surface area contributed by atoms with Gasteiger partial charge in [-0.25, -0.2) is 4.39 Å². The van der Waals surface area contributed by atoms with Gasteiger partial charge in [-0.15, -0.1) is 0 Å². The molecule has 0 bridgehead atoms. The van der Waals surface area contributed by atoms with E-state index in [0.29, 0.717) is 22.3 Å². The molecule has 1 amide bonds. The second-order valence-electron chi connectivity index (χ2n) is 6.74. The lowest BCUT2D eigenvalue weighted by Gasteiger charge is -2.36. The van der Waals surface area contributed by atoms with Crippen molar-refractivity contribution in [2.24, 2.45) is 0 Å². The summed E-state index contributed by atoms with van der Waals surface area (Å²) in [6, 6.07) is 12.6. The van der Waals surface area contributed by atoms with Gasteiger partial charge in [0.05, 0.1) is 26.2 Å². The van der Waals surface area contributed by atoms with Crippen LogP contribution in [0.5, 0.6) is 0 Å². The molecule has 0 radical (unpaired) electrons. The molecule has 0 spiro atoms. The zero-order valence-electron chi connectivity index (χ0n) is 15.5. The summed E-state index contributed by atoms with van der Waals surface area (Å²) < 4.78 is 37.8. The largest absolute Gasteiger partial charge is 0.360 e. The quantitative estimate of drug-likeness (QED) is 0.719. The number of rotatable bonds is 6. The molecule has 150 valence electrons. The number of hydrogen-bond donors (Lipinski definition) is 2. The number of thioether (sulfide) groups is 1. The van der Waals surface area contributed by atoms with Gasteiger partial charge in [0, 0.05) is 16.3 Å². The Morgan fingerprint density at radius 3 is 2.25 bits per heavy atom. The van der Waals surface area contributed by atoms with Crippen molar-refractivity contribution in [1.82, 2.24) is 0 Å². The molecule has 1 fully saturated rings. The van der Waals surface area contributed by atoms with E-state index in [1.165, 1.54) is 17.0 Å². The summed E-state index contributed by atoms with van der Waals surface area (Å²) >= 11 is 0.479. The lowest BCUT2D eigenvalue weighted by Crippen LogP contribution is -3.19. The smallest absolute Gasteiger partial charge is 0.288 e. The molecule has 1 aliphatic heterocycles. The number of carbonyl (C=O) groups is 1. The maximum atomic E-state index is 13.1. The number of anilines is 2. The second-order valence-corrected chi connectivity index (χ2v) is 7.80. The fourth-order valence-corrected chi connectivity index (χ4v) is 3.79. The summed E-state index contributed by atoms with van der Waals surface area (Å²) in [5.74, 6) is -2.81. The standard InChI is InChI=1S/C20H22F3N3OS/c1-14(19(27)24-16-4-8-18(9-5-16)28-20(22)23)25-10-12-26(13-11-25)17-6-2-15(21)3-7-17/h2-9,14,20H,10-13H2,1H3,(H,24,27)/p+1/t14-/m0/s1. The first-order valence-corrected chi connectivity index (χ1v) is 10.0. The molecule has 0 unspecified atom stereocenters. The summed E-state index contributed by atoms with van der Waals surface area (Å²) in [5, 5.41) is 2.86. The van der Waals surface area contributed by atoms with E-state index in [1.807, 2.05) is 6.92 Å². The average Bonchev–Trinajstić information content (AvgIpc) is 2.69. The number of piperazine rings is 1. The molecule has 2 aromatic rings. The first kappa shape index (κ1) is 20.5. The number of amides is 1. The highest BCUT2D eigenvalue weighted by Gasteiger charge is 2.29. The van der Waals surface area contributed by atoms with Crippen LogP contribution in [0.2, 0.25) is 0 Å². The Balaban J connectivity index is 1.50. The van der Waals surface area contributed by atoms with Gasteiger partial charge in [0.2, 0.25) is 0 Å². The molecule has 28 heavy (non-hydrogen) atoms. The summed E-state index contributed by atoms with van der Waals surface area (Å²) in [5.41, 5.74) is 1.58. The third kappa shape index (κ3) is 5.42. The number of quaternary nitrogens is 1. The minimum Gasteiger partial charge on any atom is -0.360 e. The predicted molar refractivity (Wildman–Crippen MR) is 106 cm³/mol. The Hall–Kier alpha value is -2.19. The third-order valence-electron chi connectivity index (χ3n) is 4.95. The molecule has 4 nitrogen and oxygen atoms in total. The number of nitrogens with zero attached hydrogens (tertiary/aromatic N) is 1. The third-order valence-corrected chi connectivity index (χ3v) is 5.67. The van der Waals surface area contributed by atoms with E-state index in [4.69, 9.17) is 0 Å². The highest BCUT2D eigenvalue weighted by molar-refractivity contribution is 7.99. The Labute approximate surface area is 166 Å². The van der Waals surface area contributed by atoms with Crippen molar-refractivity contribution >= 4 is 29.0 Å². The van der Waals surface area contributed by atoms with Crippen molar-refractivity contribution in [2.75, 3.05) is 36.4 Å². The van der Waals surface area contributed by atoms with Crippen molar-refractivity contribution in [3.8, 4) is 0 Å². The Morgan fingerprint density at radius 1 is 1.07 bits per heavy atom. The van der Waals surface area contributed by atoms with E-state index in [1.54, 1.807) is 36.4 Å². The highest BCUT2D eigenvalue weighted by atomic mass is 32.2. The van der Waals surface area contributed by atoms with Gasteiger partial charge in [0.15, 0.2) is 6.04 Å². The number of alkyl halides is 2. The monoisotopic (exact) mass is 410 g/mol. The van der Waals surface area contributed by atoms with Crippen molar-refractivity contribution in [1.29, 1.82) is 0 Å². The topological polar surface area (TPSA) is 36.8 Å². The first-order valence-electron chi connectivity index (χ1n) is 9.13. The van der Waals surface area contributed by atoms with Gasteiger partial charge in [0.25, 0.3) is 11.7 Å². The predicted octanol–water partition coefficient (Wildman–Crippen LogP) is 2.87. The number of halogens is 3. The SMILES string of the molecule is C[C@@H](C(=O)Nc1ccc(SC(F)F)cc1)[NH+]1CCN(c2ccc(F)cc2)CC1. The van der Waals surface area contributed by atoms with Crippen LogP contribution in [0.1, 0.15) is 6.92 Å². The number of benzene rings is 2. The molecular formula is C20H23F3N3OS+. The number of hydrogen-bond acceptors (Lipinski definition) is 3. The second kappa shape index (κ2) is 9.34. The van der Waals surface area contributed by atoms with Gasteiger partial charge < -0.3 is 15.1 Å². The van der Waals surface area contributed by atoms with Gasteiger partial charge in [0.1, 0.15) is 5.82 Å². The lowest BCUT2D eigenvalue weighted by molar-refractivity contribution is -0.914. The van der Waals surface area contributed by atoms with E-state index in [-0.39, 0.29) is 17.8 Å². The van der Waals surface area contributed by atoms with Crippen LogP contribution in [0.15, 0.2) is 53.4 Å². The number of nitrogens with one attached hydrogen (secondary N) is 2. The van der Waals surface area contributed by atoms with Crippen LogP contribution in [0, 0.1) is 5.82 Å². The molecule has 0 aromatic heterocycles. The van der Waals surface area contributed by atoms with Gasteiger partial charge in [-0.3, -0.25) is 4.79 Å². The fraction of sp³-hybridized carbons (Fsp3) is 0.350. The lowest BCUT2D eigenvalue weighted by atomic mass is 10.2. The van der Waals surface area contributed by atoms with Crippen molar-refractivity contribution in [2.45, 2.75) is 23.6 Å². The molecule has 1 saturated heterocycles.